The molecule has 19 heavy (non-hydrogen) atoms. The second-order valence-corrected chi connectivity index (χ2v) is 5.74. The Labute approximate surface area is 120 Å². The molecule has 1 atom stereocenters. The average molecular weight is 277 g/mol. The molecular formula is C16H23NOS. The van der Waals surface area contributed by atoms with Gasteiger partial charge in [-0.15, -0.1) is 12.3 Å². The SMILES string of the molecule is C#CC.CC(NC(=O)c1ccsc1)C1CCCCC1. The number of terminal acetylenes is 1. The summed E-state index contributed by atoms with van der Waals surface area (Å²) in [6, 6.07) is 2.20. The molecule has 1 aromatic rings. The molecule has 1 unspecified atom stereocenters. The fourth-order valence-corrected chi connectivity index (χ4v) is 3.07. The van der Waals surface area contributed by atoms with Gasteiger partial charge >= 0.3 is 0 Å². The minimum Gasteiger partial charge on any atom is -0.349 e. The number of amides is 1. The van der Waals surface area contributed by atoms with Crippen LogP contribution in [0.4, 0.5) is 0 Å². The maximum Gasteiger partial charge on any atom is 0.252 e. The van der Waals surface area contributed by atoms with Crippen LogP contribution in [0.2, 0.25) is 0 Å². The topological polar surface area (TPSA) is 29.1 Å². The molecule has 0 radical (unpaired) electrons. The van der Waals surface area contributed by atoms with E-state index in [2.05, 4.69) is 24.6 Å². The summed E-state index contributed by atoms with van der Waals surface area (Å²) in [7, 11) is 0. The molecule has 0 saturated heterocycles. The van der Waals surface area contributed by atoms with Gasteiger partial charge < -0.3 is 5.32 Å². The second-order valence-electron chi connectivity index (χ2n) is 4.96. The molecule has 0 bridgehead atoms. The molecule has 1 aliphatic rings. The van der Waals surface area contributed by atoms with Gasteiger partial charge in [0.05, 0.1) is 0 Å². The van der Waals surface area contributed by atoms with Gasteiger partial charge in [-0.05, 0) is 44.1 Å². The average Bonchev–Trinajstić information content (AvgIpc) is 2.94. The Kier molecular flexibility index (Phi) is 7.28. The molecule has 0 spiro atoms. The van der Waals surface area contributed by atoms with Crippen molar-refractivity contribution >= 4 is 17.2 Å². The zero-order chi connectivity index (χ0) is 14.1. The zero-order valence-electron chi connectivity index (χ0n) is 11.8. The van der Waals surface area contributed by atoms with Crippen LogP contribution in [0.5, 0.6) is 0 Å². The molecule has 1 saturated carbocycles. The molecule has 104 valence electrons. The molecule has 1 amide bonds. The van der Waals surface area contributed by atoms with Gasteiger partial charge in [0.2, 0.25) is 0 Å². The van der Waals surface area contributed by atoms with Gasteiger partial charge in [0, 0.05) is 17.0 Å². The molecular weight excluding hydrogens is 254 g/mol. The molecule has 1 heterocycles. The van der Waals surface area contributed by atoms with Crippen LogP contribution in [0.3, 0.4) is 0 Å². The van der Waals surface area contributed by atoms with Gasteiger partial charge in [0.25, 0.3) is 5.91 Å². The predicted octanol–water partition coefficient (Wildman–Crippen LogP) is 4.09. The van der Waals surface area contributed by atoms with E-state index in [9.17, 15) is 4.79 Å². The van der Waals surface area contributed by atoms with Crippen molar-refractivity contribution in [2.45, 2.75) is 52.0 Å². The summed E-state index contributed by atoms with van der Waals surface area (Å²) >= 11 is 1.57. The standard InChI is InChI=1S/C13H19NOS.C3H4/c1-10(11-5-3-2-4-6-11)14-13(15)12-7-8-16-9-12;1-3-2/h7-11H,2-6H2,1H3,(H,14,15);1H,2H3. The highest BCUT2D eigenvalue weighted by molar-refractivity contribution is 7.08. The van der Waals surface area contributed by atoms with Crippen molar-refractivity contribution in [2.75, 3.05) is 0 Å². The highest BCUT2D eigenvalue weighted by Gasteiger charge is 2.21. The molecule has 1 N–H and O–H groups in total. The summed E-state index contributed by atoms with van der Waals surface area (Å²) in [5, 5.41) is 6.97. The van der Waals surface area contributed by atoms with E-state index in [-0.39, 0.29) is 5.91 Å². The Morgan fingerprint density at radius 2 is 2.11 bits per heavy atom. The summed E-state index contributed by atoms with van der Waals surface area (Å²) in [5.74, 6) is 3.01. The van der Waals surface area contributed by atoms with Crippen LogP contribution in [0.1, 0.15) is 56.3 Å². The van der Waals surface area contributed by atoms with Crippen molar-refractivity contribution in [1.29, 1.82) is 0 Å². The molecule has 1 fully saturated rings. The first kappa shape index (κ1) is 15.8. The summed E-state index contributed by atoms with van der Waals surface area (Å²) in [5.41, 5.74) is 0.799. The minimum atomic E-state index is 0.0827. The van der Waals surface area contributed by atoms with Crippen LogP contribution < -0.4 is 5.32 Å². The van der Waals surface area contributed by atoms with E-state index < -0.39 is 0 Å². The quantitative estimate of drug-likeness (QED) is 0.829. The zero-order valence-corrected chi connectivity index (χ0v) is 12.6. The van der Waals surface area contributed by atoms with Gasteiger partial charge in [0.15, 0.2) is 0 Å². The van der Waals surface area contributed by atoms with Crippen molar-refractivity contribution in [3.63, 3.8) is 0 Å². The highest BCUT2D eigenvalue weighted by atomic mass is 32.1. The lowest BCUT2D eigenvalue weighted by molar-refractivity contribution is 0.0920. The number of hydrogen-bond acceptors (Lipinski definition) is 2. The van der Waals surface area contributed by atoms with E-state index in [0.717, 1.165) is 5.56 Å². The number of rotatable bonds is 3. The highest BCUT2D eigenvalue weighted by Crippen LogP contribution is 2.26. The Balaban J connectivity index is 0.000000550. The van der Waals surface area contributed by atoms with Gasteiger partial charge in [-0.1, -0.05) is 19.3 Å². The maximum absolute atomic E-state index is 11.9. The Morgan fingerprint density at radius 3 is 2.63 bits per heavy atom. The number of nitrogens with one attached hydrogen (secondary N) is 1. The van der Waals surface area contributed by atoms with Crippen LogP contribution >= 0.6 is 11.3 Å². The first-order chi connectivity index (χ1) is 9.19. The summed E-state index contributed by atoms with van der Waals surface area (Å²) < 4.78 is 0. The molecule has 0 aliphatic heterocycles. The van der Waals surface area contributed by atoms with E-state index in [1.165, 1.54) is 32.1 Å². The summed E-state index contributed by atoms with van der Waals surface area (Å²) in [6.07, 6.45) is 11.1. The van der Waals surface area contributed by atoms with Crippen molar-refractivity contribution in [1.82, 2.24) is 5.32 Å². The number of hydrogen-bond donors (Lipinski definition) is 1. The van der Waals surface area contributed by atoms with E-state index in [1.54, 1.807) is 18.3 Å². The molecule has 3 heteroatoms. The fourth-order valence-electron chi connectivity index (χ4n) is 2.44. The first-order valence-corrected chi connectivity index (χ1v) is 7.83. The first-order valence-electron chi connectivity index (χ1n) is 6.89. The smallest absolute Gasteiger partial charge is 0.252 e. The third kappa shape index (κ3) is 5.48. The molecule has 0 aromatic carbocycles. The number of thiophene rings is 1. The van der Waals surface area contributed by atoms with Gasteiger partial charge in [-0.2, -0.15) is 11.3 Å². The van der Waals surface area contributed by atoms with Crippen molar-refractivity contribution in [2.24, 2.45) is 5.92 Å². The summed E-state index contributed by atoms with van der Waals surface area (Å²) in [6.45, 7) is 3.79. The van der Waals surface area contributed by atoms with E-state index >= 15 is 0 Å². The normalized spacial score (nSPS) is 16.7. The fraction of sp³-hybridized carbons (Fsp3) is 0.562. The van der Waals surface area contributed by atoms with Crippen LogP contribution in [0, 0.1) is 18.3 Å². The lowest BCUT2D eigenvalue weighted by atomic mass is 9.84. The van der Waals surface area contributed by atoms with Crippen molar-refractivity contribution in [3.05, 3.63) is 22.4 Å². The van der Waals surface area contributed by atoms with Crippen LogP contribution in [-0.2, 0) is 0 Å². The molecule has 2 rings (SSSR count). The van der Waals surface area contributed by atoms with E-state index in [1.807, 2.05) is 16.8 Å². The van der Waals surface area contributed by atoms with Crippen molar-refractivity contribution < 1.29 is 4.79 Å². The third-order valence-corrected chi connectivity index (χ3v) is 4.18. The number of carbonyl (C=O) groups excluding carboxylic acids is 1. The molecule has 1 aliphatic carbocycles. The van der Waals surface area contributed by atoms with E-state index in [4.69, 9.17) is 0 Å². The van der Waals surface area contributed by atoms with Crippen LogP contribution in [0.25, 0.3) is 0 Å². The Morgan fingerprint density at radius 1 is 1.47 bits per heavy atom. The largest absolute Gasteiger partial charge is 0.349 e. The maximum atomic E-state index is 11.9. The Hall–Kier alpha value is -1.27. The lowest BCUT2D eigenvalue weighted by Crippen LogP contribution is -2.38. The third-order valence-electron chi connectivity index (χ3n) is 3.50. The monoisotopic (exact) mass is 277 g/mol. The van der Waals surface area contributed by atoms with Gasteiger partial charge in [-0.3, -0.25) is 4.79 Å². The van der Waals surface area contributed by atoms with Gasteiger partial charge in [-0.25, -0.2) is 0 Å². The van der Waals surface area contributed by atoms with Gasteiger partial charge in [0.1, 0.15) is 0 Å². The number of carbonyl (C=O) groups is 1. The van der Waals surface area contributed by atoms with Crippen molar-refractivity contribution in [3.8, 4) is 12.3 Å². The van der Waals surface area contributed by atoms with Crippen LogP contribution in [-0.4, -0.2) is 11.9 Å². The van der Waals surface area contributed by atoms with E-state index in [0.29, 0.717) is 12.0 Å². The van der Waals surface area contributed by atoms with Crippen LogP contribution in [0.15, 0.2) is 16.8 Å². The second kappa shape index (κ2) is 8.77. The molecule has 2 nitrogen and oxygen atoms in total. The Bertz CT molecular complexity index is 399. The molecule has 1 aromatic heterocycles. The minimum absolute atomic E-state index is 0.0827. The predicted molar refractivity (Wildman–Crippen MR) is 82.3 cm³/mol. The summed E-state index contributed by atoms with van der Waals surface area (Å²) in [4.78, 5) is 11.9. The lowest BCUT2D eigenvalue weighted by Gasteiger charge is -2.28.